The molecule has 3 aromatic rings. The van der Waals surface area contributed by atoms with Gasteiger partial charge in [-0.15, -0.1) is 0 Å². The minimum absolute atomic E-state index is 0.172. The van der Waals surface area contributed by atoms with Gasteiger partial charge in [-0.3, -0.25) is 0 Å². The molecular weight excluding hydrogens is 268 g/mol. The second-order valence-corrected chi connectivity index (χ2v) is 4.47. The van der Waals surface area contributed by atoms with Gasteiger partial charge in [0.15, 0.2) is 0 Å². The molecule has 1 N–H and O–H groups in total. The summed E-state index contributed by atoms with van der Waals surface area (Å²) in [5.41, 5.74) is 0.717. The number of aromatic hydroxyl groups is 1. The molecule has 5 nitrogen and oxygen atoms in total. The van der Waals surface area contributed by atoms with Gasteiger partial charge in [0.2, 0.25) is 11.7 Å². The second kappa shape index (κ2) is 6.09. The molecule has 0 saturated carbocycles. The number of rotatable bonds is 5. The Kier molecular flexibility index (Phi) is 3.82. The predicted molar refractivity (Wildman–Crippen MR) is 77.0 cm³/mol. The van der Waals surface area contributed by atoms with E-state index in [1.807, 2.05) is 36.4 Å². The number of hydrogen-bond donors (Lipinski definition) is 1. The first-order valence-corrected chi connectivity index (χ1v) is 6.61. The van der Waals surface area contributed by atoms with E-state index in [1.165, 1.54) is 0 Å². The zero-order valence-corrected chi connectivity index (χ0v) is 11.3. The Hall–Kier alpha value is -2.82. The van der Waals surface area contributed by atoms with Crippen LogP contribution in [0.4, 0.5) is 0 Å². The van der Waals surface area contributed by atoms with Gasteiger partial charge in [-0.2, -0.15) is 4.98 Å². The molecule has 0 unspecified atom stereocenters. The minimum Gasteiger partial charge on any atom is -0.508 e. The fourth-order valence-electron chi connectivity index (χ4n) is 1.89. The number of phenolic OH excluding ortho intramolecular Hbond substituents is 1. The van der Waals surface area contributed by atoms with Crippen LogP contribution in [0.2, 0.25) is 0 Å². The molecule has 106 valence electrons. The maximum Gasteiger partial charge on any atom is 0.230 e. The van der Waals surface area contributed by atoms with Gasteiger partial charge in [0.05, 0.1) is 13.0 Å². The Morgan fingerprint density at radius 1 is 1.05 bits per heavy atom. The highest BCUT2D eigenvalue weighted by Gasteiger charge is 2.09. The largest absolute Gasteiger partial charge is 0.508 e. The molecule has 0 bridgehead atoms. The second-order valence-electron chi connectivity index (χ2n) is 4.47. The highest BCUT2D eigenvalue weighted by molar-refractivity contribution is 5.56. The number of ether oxygens (including phenoxy) is 1. The lowest BCUT2D eigenvalue weighted by Crippen LogP contribution is -2.01. The van der Waals surface area contributed by atoms with Gasteiger partial charge in [-0.25, -0.2) is 0 Å². The third-order valence-corrected chi connectivity index (χ3v) is 2.90. The van der Waals surface area contributed by atoms with E-state index in [4.69, 9.17) is 9.26 Å². The summed E-state index contributed by atoms with van der Waals surface area (Å²) in [4.78, 5) is 4.28. The van der Waals surface area contributed by atoms with E-state index in [9.17, 15) is 5.11 Å². The molecule has 1 aromatic heterocycles. The van der Waals surface area contributed by atoms with Crippen LogP contribution in [-0.4, -0.2) is 21.9 Å². The number of nitrogens with zero attached hydrogens (tertiary/aromatic N) is 2. The fraction of sp³-hybridized carbons (Fsp3) is 0.125. The number of benzene rings is 2. The van der Waals surface area contributed by atoms with Crippen molar-refractivity contribution in [2.45, 2.75) is 6.42 Å². The highest BCUT2D eigenvalue weighted by Crippen LogP contribution is 2.20. The first-order valence-electron chi connectivity index (χ1n) is 6.61. The van der Waals surface area contributed by atoms with Crippen LogP contribution in [0.1, 0.15) is 5.89 Å². The smallest absolute Gasteiger partial charge is 0.230 e. The standard InChI is InChI=1S/C16H14N2O3/c19-13-6-4-5-12(11-13)16-17-15(21-18-16)9-10-20-14-7-2-1-3-8-14/h1-8,11,19H,9-10H2. The molecule has 5 heteroatoms. The molecule has 0 amide bonds. The van der Waals surface area contributed by atoms with Crippen LogP contribution >= 0.6 is 0 Å². The summed E-state index contributed by atoms with van der Waals surface area (Å²) < 4.78 is 10.8. The highest BCUT2D eigenvalue weighted by atomic mass is 16.5. The van der Waals surface area contributed by atoms with E-state index in [0.717, 1.165) is 5.75 Å². The first kappa shape index (κ1) is 13.2. The van der Waals surface area contributed by atoms with Crippen LogP contribution < -0.4 is 4.74 Å². The maximum absolute atomic E-state index is 9.44. The van der Waals surface area contributed by atoms with Crippen LogP contribution in [0.5, 0.6) is 11.5 Å². The van der Waals surface area contributed by atoms with E-state index < -0.39 is 0 Å². The summed E-state index contributed by atoms with van der Waals surface area (Å²) >= 11 is 0. The van der Waals surface area contributed by atoms with Crippen molar-refractivity contribution in [3.05, 3.63) is 60.5 Å². The van der Waals surface area contributed by atoms with Gasteiger partial charge in [-0.1, -0.05) is 35.5 Å². The Balaban J connectivity index is 1.60. The van der Waals surface area contributed by atoms with Crippen molar-refractivity contribution < 1.29 is 14.4 Å². The summed E-state index contributed by atoms with van der Waals surface area (Å²) in [6.07, 6.45) is 0.528. The average Bonchev–Trinajstić information content (AvgIpc) is 2.97. The van der Waals surface area contributed by atoms with E-state index in [-0.39, 0.29) is 5.75 Å². The monoisotopic (exact) mass is 282 g/mol. The van der Waals surface area contributed by atoms with Crippen LogP contribution in [-0.2, 0) is 6.42 Å². The summed E-state index contributed by atoms with van der Waals surface area (Å²) in [5, 5.41) is 13.3. The normalized spacial score (nSPS) is 10.5. The molecule has 0 atom stereocenters. The van der Waals surface area contributed by atoms with Crippen LogP contribution in [0.15, 0.2) is 59.1 Å². The molecule has 0 saturated heterocycles. The quantitative estimate of drug-likeness (QED) is 0.779. The van der Waals surface area contributed by atoms with Gasteiger partial charge < -0.3 is 14.4 Å². The van der Waals surface area contributed by atoms with E-state index in [2.05, 4.69) is 10.1 Å². The third kappa shape index (κ3) is 3.39. The molecular formula is C16H14N2O3. The molecule has 0 radical (unpaired) electrons. The summed E-state index contributed by atoms with van der Waals surface area (Å²) in [6, 6.07) is 16.3. The molecule has 2 aromatic carbocycles. The maximum atomic E-state index is 9.44. The molecule has 0 aliphatic carbocycles. The zero-order valence-electron chi connectivity index (χ0n) is 11.3. The third-order valence-electron chi connectivity index (χ3n) is 2.90. The molecule has 0 spiro atoms. The van der Waals surface area contributed by atoms with Gasteiger partial charge in [0, 0.05) is 5.56 Å². The zero-order chi connectivity index (χ0) is 14.5. The van der Waals surface area contributed by atoms with Crippen LogP contribution in [0.25, 0.3) is 11.4 Å². The SMILES string of the molecule is Oc1cccc(-c2noc(CCOc3ccccc3)n2)c1. The van der Waals surface area contributed by atoms with Crippen LogP contribution in [0.3, 0.4) is 0 Å². The van der Waals surface area contributed by atoms with E-state index >= 15 is 0 Å². The summed E-state index contributed by atoms with van der Waals surface area (Å²) in [5.74, 6) is 1.95. The van der Waals surface area contributed by atoms with Crippen molar-refractivity contribution >= 4 is 0 Å². The lowest BCUT2D eigenvalue weighted by Gasteiger charge is -2.02. The fourth-order valence-corrected chi connectivity index (χ4v) is 1.89. The molecule has 0 fully saturated rings. The van der Waals surface area contributed by atoms with Crippen molar-refractivity contribution in [3.8, 4) is 22.9 Å². The van der Waals surface area contributed by atoms with Crippen molar-refractivity contribution in [1.82, 2.24) is 10.1 Å². The van der Waals surface area contributed by atoms with E-state index in [1.54, 1.807) is 18.2 Å². The van der Waals surface area contributed by atoms with Crippen molar-refractivity contribution in [3.63, 3.8) is 0 Å². The Morgan fingerprint density at radius 3 is 2.71 bits per heavy atom. The molecule has 1 heterocycles. The average molecular weight is 282 g/mol. The van der Waals surface area contributed by atoms with Gasteiger partial charge in [0.1, 0.15) is 11.5 Å². The van der Waals surface area contributed by atoms with Crippen LogP contribution in [0, 0.1) is 0 Å². The Morgan fingerprint density at radius 2 is 1.90 bits per heavy atom. The Bertz CT molecular complexity index is 710. The van der Waals surface area contributed by atoms with Crippen molar-refractivity contribution in [1.29, 1.82) is 0 Å². The molecule has 0 aliphatic rings. The van der Waals surface area contributed by atoms with Crippen molar-refractivity contribution in [2.24, 2.45) is 0 Å². The topological polar surface area (TPSA) is 68.4 Å². The number of phenols is 1. The minimum atomic E-state index is 0.172. The summed E-state index contributed by atoms with van der Waals surface area (Å²) in [6.45, 7) is 0.464. The predicted octanol–water partition coefficient (Wildman–Crippen LogP) is 3.06. The molecule has 21 heavy (non-hydrogen) atoms. The van der Waals surface area contributed by atoms with Gasteiger partial charge in [-0.05, 0) is 24.3 Å². The lowest BCUT2D eigenvalue weighted by molar-refractivity contribution is 0.292. The number of hydrogen-bond acceptors (Lipinski definition) is 5. The van der Waals surface area contributed by atoms with Crippen molar-refractivity contribution in [2.75, 3.05) is 6.61 Å². The number of para-hydroxylation sites is 1. The lowest BCUT2D eigenvalue weighted by atomic mass is 10.2. The first-order chi connectivity index (χ1) is 10.3. The van der Waals surface area contributed by atoms with Gasteiger partial charge in [0.25, 0.3) is 0 Å². The molecule has 3 rings (SSSR count). The molecule has 0 aliphatic heterocycles. The van der Waals surface area contributed by atoms with Gasteiger partial charge >= 0.3 is 0 Å². The van der Waals surface area contributed by atoms with E-state index in [0.29, 0.717) is 30.3 Å². The summed E-state index contributed by atoms with van der Waals surface area (Å²) in [7, 11) is 0. The number of aromatic nitrogens is 2. The Labute approximate surface area is 121 Å².